The van der Waals surface area contributed by atoms with Gasteiger partial charge in [-0.1, -0.05) is 0 Å². The molecule has 116 valence electrons. The Hall–Kier alpha value is -2.14. The second-order valence-corrected chi connectivity index (χ2v) is 7.53. The third-order valence-electron chi connectivity index (χ3n) is 4.59. The molecule has 0 bridgehead atoms. The van der Waals surface area contributed by atoms with Gasteiger partial charge in [-0.3, -0.25) is 0 Å². The van der Waals surface area contributed by atoms with E-state index >= 15 is 0 Å². The van der Waals surface area contributed by atoms with E-state index in [1.807, 2.05) is 0 Å². The van der Waals surface area contributed by atoms with Crippen LogP contribution in [0.1, 0.15) is 16.7 Å². The van der Waals surface area contributed by atoms with E-state index in [-0.39, 0.29) is 14.8 Å². The van der Waals surface area contributed by atoms with Crippen molar-refractivity contribution in [3.63, 3.8) is 0 Å². The molecular formula is C22H20AlN. The molecule has 0 spiro atoms. The van der Waals surface area contributed by atoms with Crippen LogP contribution in [0.2, 0.25) is 0 Å². The molecule has 0 saturated carbocycles. The van der Waals surface area contributed by atoms with E-state index < -0.39 is 0 Å². The van der Waals surface area contributed by atoms with Crippen molar-refractivity contribution >= 4 is 42.0 Å². The van der Waals surface area contributed by atoms with Crippen molar-refractivity contribution in [2.75, 3.05) is 0 Å². The minimum atomic E-state index is 0.232. The average molecular weight is 325 g/mol. The summed E-state index contributed by atoms with van der Waals surface area (Å²) in [6.45, 7) is 4.34. The quantitative estimate of drug-likeness (QED) is 0.465. The van der Waals surface area contributed by atoms with E-state index in [2.05, 4.69) is 84.5 Å². The summed E-state index contributed by atoms with van der Waals surface area (Å²) in [5.74, 6) is 0. The van der Waals surface area contributed by atoms with Gasteiger partial charge in [0.15, 0.2) is 0 Å². The van der Waals surface area contributed by atoms with E-state index in [1.54, 1.807) is 0 Å². The normalized spacial score (nSPS) is 11.1. The molecule has 2 heteroatoms. The minimum absolute atomic E-state index is 0.232. The maximum absolute atomic E-state index is 4.09. The molecule has 24 heavy (non-hydrogen) atoms. The first-order valence-electron chi connectivity index (χ1n) is 8.39. The van der Waals surface area contributed by atoms with Crippen LogP contribution in [0.3, 0.4) is 0 Å². The zero-order valence-electron chi connectivity index (χ0n) is 14.2. The number of hydrogen-bond donors (Lipinski definition) is 0. The van der Waals surface area contributed by atoms with Crippen LogP contribution in [0.15, 0.2) is 60.7 Å². The van der Waals surface area contributed by atoms with Gasteiger partial charge in [0.25, 0.3) is 0 Å². The van der Waals surface area contributed by atoms with Crippen LogP contribution in [-0.2, 0) is 5.28 Å². The summed E-state index contributed by atoms with van der Waals surface area (Å²) in [7, 11) is 0. The molecule has 0 N–H and O–H groups in total. The molecule has 0 amide bonds. The van der Waals surface area contributed by atoms with Crippen molar-refractivity contribution < 1.29 is 0 Å². The van der Waals surface area contributed by atoms with Gasteiger partial charge in [0.2, 0.25) is 0 Å². The van der Waals surface area contributed by atoms with E-state index in [0.717, 1.165) is 5.28 Å². The second kappa shape index (κ2) is 6.06. The Balaban J connectivity index is 2.10. The third-order valence-corrected chi connectivity index (χ3v) is 5.35. The number of hydrogen-bond acceptors (Lipinski definition) is 0. The van der Waals surface area contributed by atoms with E-state index in [1.165, 1.54) is 44.2 Å². The van der Waals surface area contributed by atoms with Crippen molar-refractivity contribution in [3.8, 4) is 5.69 Å². The van der Waals surface area contributed by atoms with Gasteiger partial charge >= 0.3 is 149 Å². The Morgan fingerprint density at radius 3 is 2.46 bits per heavy atom. The monoisotopic (exact) mass is 325 g/mol. The molecule has 0 fully saturated rings. The molecule has 4 aromatic rings. The maximum atomic E-state index is 4.09. The Labute approximate surface area is 148 Å². The zero-order chi connectivity index (χ0) is 16.7. The number of aryl methyl sites for hydroxylation is 2. The first-order valence-corrected chi connectivity index (χ1v) is 10.0. The summed E-state index contributed by atoms with van der Waals surface area (Å²) in [4.78, 5) is 0. The number of para-hydroxylation sites is 1. The number of rotatable bonds is 3. The van der Waals surface area contributed by atoms with Gasteiger partial charge in [0.05, 0.1) is 0 Å². The van der Waals surface area contributed by atoms with Gasteiger partial charge < -0.3 is 0 Å². The van der Waals surface area contributed by atoms with Crippen LogP contribution in [0, 0.1) is 13.8 Å². The fourth-order valence-electron chi connectivity index (χ4n) is 3.62. The van der Waals surface area contributed by atoms with Gasteiger partial charge in [-0.05, 0) is 0 Å². The number of nitrogens with zero attached hydrogens (tertiary/aromatic N) is 1. The van der Waals surface area contributed by atoms with Crippen molar-refractivity contribution in [2.24, 2.45) is 0 Å². The Morgan fingerprint density at radius 2 is 1.62 bits per heavy atom. The summed E-state index contributed by atoms with van der Waals surface area (Å²) in [6.07, 6.45) is 0. The molecule has 0 aliphatic carbocycles. The Bertz CT molecular complexity index is 1070. The molecular weight excluding hydrogens is 305 g/mol. The molecule has 0 aliphatic heterocycles. The SMILES string of the molecule is [CH2]=[Al][CH2]c1cc(C)cc(-n2c3ccccc3c3cc(C)ccc32)c1. The van der Waals surface area contributed by atoms with E-state index in [0.29, 0.717) is 0 Å². The summed E-state index contributed by atoms with van der Waals surface area (Å²) in [5.41, 5.74) is 7.82. The second-order valence-electron chi connectivity index (χ2n) is 6.54. The van der Waals surface area contributed by atoms with Gasteiger partial charge in [0, 0.05) is 0 Å². The van der Waals surface area contributed by atoms with Crippen molar-refractivity contribution in [1.29, 1.82) is 0 Å². The molecule has 0 saturated heterocycles. The number of fused-ring (bicyclic) bond motifs is 3. The van der Waals surface area contributed by atoms with Crippen molar-refractivity contribution in [3.05, 3.63) is 77.4 Å². The Morgan fingerprint density at radius 1 is 0.833 bits per heavy atom. The van der Waals surface area contributed by atoms with Crippen LogP contribution in [-0.4, -0.2) is 24.7 Å². The Kier molecular flexibility index (Phi) is 3.89. The van der Waals surface area contributed by atoms with Gasteiger partial charge in [-0.15, -0.1) is 0 Å². The standard InChI is InChI=1S/C21H18N.CH2.Al/c1-14-8-9-21-19(13-14)18-6-4-5-7-20(18)22(21)17-11-15(2)10-16(3)12-17;;/h4-13H,2H2,1,3H3;1H2;. The first kappa shape index (κ1) is 15.4. The molecule has 0 atom stereocenters. The molecule has 0 radical (unpaired) electrons. The average Bonchev–Trinajstić information content (AvgIpc) is 2.88. The van der Waals surface area contributed by atoms with Crippen molar-refractivity contribution in [1.82, 2.24) is 4.57 Å². The van der Waals surface area contributed by atoms with E-state index in [4.69, 9.17) is 0 Å². The van der Waals surface area contributed by atoms with E-state index in [9.17, 15) is 0 Å². The summed E-state index contributed by atoms with van der Waals surface area (Å²) < 4.78 is 2.40. The first-order chi connectivity index (χ1) is 11.7. The third kappa shape index (κ3) is 2.53. The molecule has 1 aromatic heterocycles. The van der Waals surface area contributed by atoms with Crippen LogP contribution >= 0.6 is 0 Å². The summed E-state index contributed by atoms with van der Waals surface area (Å²) in [6, 6.07) is 22.4. The molecule has 1 nitrogen and oxygen atoms in total. The van der Waals surface area contributed by atoms with Crippen LogP contribution in [0.25, 0.3) is 27.5 Å². The number of aromatic nitrogens is 1. The molecule has 1 heterocycles. The summed E-state index contributed by atoms with van der Waals surface area (Å²) in [5, 5.41) is 7.84. The predicted molar refractivity (Wildman–Crippen MR) is 107 cm³/mol. The molecule has 4 rings (SSSR count). The topological polar surface area (TPSA) is 4.93 Å². The van der Waals surface area contributed by atoms with Crippen LogP contribution < -0.4 is 0 Å². The fraction of sp³-hybridized carbons (Fsp3) is 0.136. The molecule has 0 aliphatic rings. The zero-order valence-corrected chi connectivity index (χ0v) is 15.4. The molecule has 3 aromatic carbocycles. The van der Waals surface area contributed by atoms with Gasteiger partial charge in [-0.2, -0.15) is 0 Å². The fourth-order valence-corrected chi connectivity index (χ4v) is 4.19. The molecule has 0 unspecified atom stereocenters. The number of benzene rings is 3. The van der Waals surface area contributed by atoms with Crippen LogP contribution in [0.5, 0.6) is 0 Å². The van der Waals surface area contributed by atoms with Crippen molar-refractivity contribution in [2.45, 2.75) is 19.1 Å². The summed E-state index contributed by atoms with van der Waals surface area (Å²) >= 11 is 0.232. The van der Waals surface area contributed by atoms with Gasteiger partial charge in [0.1, 0.15) is 0 Å². The van der Waals surface area contributed by atoms with Crippen LogP contribution in [0.4, 0.5) is 0 Å². The predicted octanol–water partition coefficient (Wildman–Crippen LogP) is 5.04. The van der Waals surface area contributed by atoms with Gasteiger partial charge in [-0.25, -0.2) is 0 Å².